The van der Waals surface area contributed by atoms with E-state index in [0.717, 1.165) is 16.7 Å². The lowest BCUT2D eigenvalue weighted by Crippen LogP contribution is -2.50. The molecule has 0 radical (unpaired) electrons. The van der Waals surface area contributed by atoms with Crippen LogP contribution in [0.1, 0.15) is 43.9 Å². The lowest BCUT2D eigenvalue weighted by molar-refractivity contribution is -0.141. The Hall–Kier alpha value is -2.62. The molecule has 28 heavy (non-hydrogen) atoms. The van der Waals surface area contributed by atoms with Crippen LogP contribution >= 0.6 is 0 Å². The van der Waals surface area contributed by atoms with E-state index in [2.05, 4.69) is 19.2 Å². The molecule has 150 valence electrons. The summed E-state index contributed by atoms with van der Waals surface area (Å²) < 4.78 is 0. The van der Waals surface area contributed by atoms with Crippen LogP contribution in [0.3, 0.4) is 0 Å². The Morgan fingerprint density at radius 3 is 2.29 bits per heavy atom. The van der Waals surface area contributed by atoms with Crippen LogP contribution in [0, 0.1) is 12.8 Å². The quantitative estimate of drug-likeness (QED) is 0.711. The summed E-state index contributed by atoms with van der Waals surface area (Å²) in [4.78, 5) is 27.8. The fourth-order valence-electron chi connectivity index (χ4n) is 3.22. The van der Waals surface area contributed by atoms with Crippen molar-refractivity contribution in [1.82, 2.24) is 10.2 Å². The molecule has 0 spiro atoms. The third-order valence-corrected chi connectivity index (χ3v) is 4.70. The second-order valence-corrected chi connectivity index (χ2v) is 7.74. The summed E-state index contributed by atoms with van der Waals surface area (Å²) in [6.45, 7) is 9.14. The highest BCUT2D eigenvalue weighted by Gasteiger charge is 2.28. The summed E-state index contributed by atoms with van der Waals surface area (Å²) in [5.41, 5.74) is 3.12. The van der Waals surface area contributed by atoms with Gasteiger partial charge in [-0.1, -0.05) is 80.9 Å². The third kappa shape index (κ3) is 6.52. The first-order valence-electron chi connectivity index (χ1n) is 10.1. The van der Waals surface area contributed by atoms with Crippen LogP contribution < -0.4 is 5.32 Å². The number of nitrogens with zero attached hydrogens (tertiary/aromatic N) is 1. The molecule has 1 N–H and O–H groups in total. The van der Waals surface area contributed by atoms with E-state index in [4.69, 9.17) is 0 Å². The highest BCUT2D eigenvalue weighted by molar-refractivity contribution is 5.88. The van der Waals surface area contributed by atoms with Crippen LogP contribution in [-0.2, 0) is 22.6 Å². The molecule has 0 fully saturated rings. The van der Waals surface area contributed by atoms with Gasteiger partial charge in [-0.2, -0.15) is 0 Å². The number of benzene rings is 2. The van der Waals surface area contributed by atoms with Gasteiger partial charge in [0.25, 0.3) is 0 Å². The molecule has 0 bridgehead atoms. The standard InChI is InChI=1S/C24H32N2O2/c1-5-22(24(28)25-16-18(2)3)26(17-20-11-7-6-8-12-20)23(27)15-21-13-9-10-19(4)14-21/h6-14,18,22H,5,15-17H2,1-4H3,(H,25,28)/t22-/m1/s1. The normalized spacial score (nSPS) is 11.9. The molecular formula is C24H32N2O2. The largest absolute Gasteiger partial charge is 0.354 e. The first kappa shape index (κ1) is 21.7. The van der Waals surface area contributed by atoms with Crippen molar-refractivity contribution < 1.29 is 9.59 Å². The zero-order valence-electron chi connectivity index (χ0n) is 17.4. The van der Waals surface area contributed by atoms with E-state index < -0.39 is 6.04 Å². The van der Waals surface area contributed by atoms with E-state index in [1.165, 1.54) is 0 Å². The van der Waals surface area contributed by atoms with Gasteiger partial charge in [0.1, 0.15) is 6.04 Å². The van der Waals surface area contributed by atoms with E-state index in [0.29, 0.717) is 31.8 Å². The number of rotatable bonds is 9. The van der Waals surface area contributed by atoms with Crippen molar-refractivity contribution in [3.05, 3.63) is 71.3 Å². The maximum absolute atomic E-state index is 13.2. The van der Waals surface area contributed by atoms with Crippen LogP contribution in [0.25, 0.3) is 0 Å². The van der Waals surface area contributed by atoms with Gasteiger partial charge in [0, 0.05) is 13.1 Å². The van der Waals surface area contributed by atoms with Gasteiger partial charge in [0.05, 0.1) is 6.42 Å². The van der Waals surface area contributed by atoms with Gasteiger partial charge in [-0.3, -0.25) is 9.59 Å². The predicted octanol–water partition coefficient (Wildman–Crippen LogP) is 4.12. The lowest BCUT2D eigenvalue weighted by Gasteiger charge is -2.31. The highest BCUT2D eigenvalue weighted by Crippen LogP contribution is 2.15. The molecule has 2 rings (SSSR count). The van der Waals surface area contributed by atoms with Crippen molar-refractivity contribution in [2.45, 2.75) is 53.1 Å². The molecule has 1 atom stereocenters. The van der Waals surface area contributed by atoms with Crippen LogP contribution in [-0.4, -0.2) is 29.3 Å². The van der Waals surface area contributed by atoms with Gasteiger partial charge in [-0.15, -0.1) is 0 Å². The Bertz CT molecular complexity index is 771. The minimum atomic E-state index is -0.476. The first-order chi connectivity index (χ1) is 13.4. The van der Waals surface area contributed by atoms with E-state index in [-0.39, 0.29) is 11.8 Å². The smallest absolute Gasteiger partial charge is 0.242 e. The van der Waals surface area contributed by atoms with E-state index in [1.807, 2.05) is 68.4 Å². The molecule has 4 heteroatoms. The van der Waals surface area contributed by atoms with Gasteiger partial charge in [-0.05, 0) is 30.4 Å². The summed E-state index contributed by atoms with van der Waals surface area (Å²) in [5.74, 6) is 0.262. The zero-order valence-corrected chi connectivity index (χ0v) is 17.4. The van der Waals surface area contributed by atoms with Crippen LogP contribution in [0.15, 0.2) is 54.6 Å². The monoisotopic (exact) mass is 380 g/mol. The topological polar surface area (TPSA) is 49.4 Å². The number of amides is 2. The average molecular weight is 381 g/mol. The molecular weight excluding hydrogens is 348 g/mol. The second-order valence-electron chi connectivity index (χ2n) is 7.74. The SMILES string of the molecule is CC[C@H](C(=O)NCC(C)C)N(Cc1ccccc1)C(=O)Cc1cccc(C)c1. The van der Waals surface area contributed by atoms with Gasteiger partial charge < -0.3 is 10.2 Å². The molecule has 2 aromatic carbocycles. The van der Waals surface area contributed by atoms with Gasteiger partial charge >= 0.3 is 0 Å². The highest BCUT2D eigenvalue weighted by atomic mass is 16.2. The number of carbonyl (C=O) groups excluding carboxylic acids is 2. The number of hydrogen-bond donors (Lipinski definition) is 1. The first-order valence-corrected chi connectivity index (χ1v) is 10.1. The Balaban J connectivity index is 2.23. The molecule has 2 amide bonds. The number of carbonyl (C=O) groups is 2. The van der Waals surface area contributed by atoms with Crippen molar-refractivity contribution in [3.8, 4) is 0 Å². The molecule has 0 saturated carbocycles. The minimum Gasteiger partial charge on any atom is -0.354 e. The molecule has 0 aliphatic heterocycles. The minimum absolute atomic E-state index is 0.0269. The molecule has 2 aromatic rings. The fraction of sp³-hybridized carbons (Fsp3) is 0.417. The van der Waals surface area contributed by atoms with Crippen molar-refractivity contribution in [3.63, 3.8) is 0 Å². The maximum atomic E-state index is 13.2. The molecule has 0 aromatic heterocycles. The lowest BCUT2D eigenvalue weighted by atomic mass is 10.0. The van der Waals surface area contributed by atoms with Gasteiger partial charge in [0.2, 0.25) is 11.8 Å². The molecule has 0 unspecified atom stereocenters. The van der Waals surface area contributed by atoms with E-state index >= 15 is 0 Å². The Morgan fingerprint density at radius 1 is 1.00 bits per heavy atom. The summed E-state index contributed by atoms with van der Waals surface area (Å²) in [7, 11) is 0. The average Bonchev–Trinajstić information content (AvgIpc) is 2.67. The number of aryl methyl sites for hydroxylation is 1. The third-order valence-electron chi connectivity index (χ3n) is 4.70. The molecule has 0 heterocycles. The molecule has 0 aliphatic carbocycles. The van der Waals surface area contributed by atoms with Crippen molar-refractivity contribution >= 4 is 11.8 Å². The van der Waals surface area contributed by atoms with Crippen molar-refractivity contribution in [2.24, 2.45) is 5.92 Å². The van der Waals surface area contributed by atoms with Gasteiger partial charge in [-0.25, -0.2) is 0 Å². The maximum Gasteiger partial charge on any atom is 0.242 e. The Kier molecular flexibility index (Phi) is 8.24. The summed E-state index contributed by atoms with van der Waals surface area (Å²) in [6, 6.07) is 17.3. The summed E-state index contributed by atoms with van der Waals surface area (Å²) in [6.07, 6.45) is 0.874. The summed E-state index contributed by atoms with van der Waals surface area (Å²) >= 11 is 0. The Morgan fingerprint density at radius 2 is 1.68 bits per heavy atom. The van der Waals surface area contributed by atoms with Crippen molar-refractivity contribution in [1.29, 1.82) is 0 Å². The fourth-order valence-corrected chi connectivity index (χ4v) is 3.22. The number of hydrogen-bond acceptors (Lipinski definition) is 2. The van der Waals surface area contributed by atoms with E-state index in [1.54, 1.807) is 4.90 Å². The Labute approximate surface area is 169 Å². The van der Waals surface area contributed by atoms with E-state index in [9.17, 15) is 9.59 Å². The number of nitrogens with one attached hydrogen (secondary N) is 1. The van der Waals surface area contributed by atoms with Crippen molar-refractivity contribution in [2.75, 3.05) is 6.54 Å². The van der Waals surface area contributed by atoms with Crippen LogP contribution in [0.5, 0.6) is 0 Å². The zero-order chi connectivity index (χ0) is 20.5. The molecule has 4 nitrogen and oxygen atoms in total. The van der Waals surface area contributed by atoms with Gasteiger partial charge in [0.15, 0.2) is 0 Å². The molecule has 0 aliphatic rings. The van der Waals surface area contributed by atoms with Crippen LogP contribution in [0.2, 0.25) is 0 Å². The second kappa shape index (κ2) is 10.6. The van der Waals surface area contributed by atoms with Crippen LogP contribution in [0.4, 0.5) is 0 Å². The predicted molar refractivity (Wildman–Crippen MR) is 114 cm³/mol. The molecule has 0 saturated heterocycles. The summed E-state index contributed by atoms with van der Waals surface area (Å²) in [5, 5.41) is 2.99.